The van der Waals surface area contributed by atoms with Crippen LogP contribution in [0.1, 0.15) is 38.3 Å². The van der Waals surface area contributed by atoms with E-state index in [0.29, 0.717) is 0 Å². The molecule has 2 rings (SSSR count). The molecule has 3 nitrogen and oxygen atoms in total. The summed E-state index contributed by atoms with van der Waals surface area (Å²) < 4.78 is 1.94. The van der Waals surface area contributed by atoms with Crippen LogP contribution < -0.4 is 0 Å². The van der Waals surface area contributed by atoms with Crippen LogP contribution in [0.5, 0.6) is 0 Å². The summed E-state index contributed by atoms with van der Waals surface area (Å²) >= 11 is 0. The van der Waals surface area contributed by atoms with E-state index in [-0.39, 0.29) is 0 Å². The monoisotopic (exact) mass is 217 g/mol. The van der Waals surface area contributed by atoms with Gasteiger partial charge in [-0.3, -0.25) is 0 Å². The molecule has 0 fully saturated rings. The van der Waals surface area contributed by atoms with E-state index >= 15 is 0 Å². The number of hydrogen-bond donors (Lipinski definition) is 0. The second-order valence-corrected chi connectivity index (χ2v) is 4.27. The van der Waals surface area contributed by atoms with Gasteiger partial charge in [-0.25, -0.2) is 4.68 Å². The molecule has 1 aliphatic rings. The Balaban J connectivity index is 1.92. The van der Waals surface area contributed by atoms with Crippen molar-refractivity contribution in [3.8, 4) is 0 Å². The summed E-state index contributed by atoms with van der Waals surface area (Å²) in [6.45, 7) is 3.05. The fourth-order valence-electron chi connectivity index (χ4n) is 1.86. The topological polar surface area (TPSA) is 30.7 Å². The molecule has 0 atom stereocenters. The summed E-state index contributed by atoms with van der Waals surface area (Å²) in [5, 5.41) is 8.34. The van der Waals surface area contributed by atoms with E-state index in [2.05, 4.69) is 41.7 Å². The van der Waals surface area contributed by atoms with Crippen LogP contribution in [0, 0.1) is 0 Å². The summed E-state index contributed by atoms with van der Waals surface area (Å²) in [5.74, 6) is 0. The Hall–Kier alpha value is -1.38. The molecule has 1 heterocycles. The van der Waals surface area contributed by atoms with Crippen molar-refractivity contribution in [2.45, 2.75) is 45.6 Å². The predicted molar refractivity (Wildman–Crippen MR) is 65.1 cm³/mol. The highest BCUT2D eigenvalue weighted by atomic mass is 15.4. The van der Waals surface area contributed by atoms with Crippen molar-refractivity contribution >= 4 is 0 Å². The van der Waals surface area contributed by atoms with Gasteiger partial charge in [-0.2, -0.15) is 0 Å². The molecule has 0 amide bonds. The fourth-order valence-corrected chi connectivity index (χ4v) is 1.86. The third kappa shape index (κ3) is 3.05. The third-order valence-corrected chi connectivity index (χ3v) is 2.79. The highest BCUT2D eigenvalue weighted by molar-refractivity contribution is 5.21. The van der Waals surface area contributed by atoms with Gasteiger partial charge in [0.15, 0.2) is 0 Å². The van der Waals surface area contributed by atoms with E-state index in [1.807, 2.05) is 4.68 Å². The van der Waals surface area contributed by atoms with Gasteiger partial charge in [0.05, 0.1) is 12.2 Å². The van der Waals surface area contributed by atoms with Gasteiger partial charge in [-0.05, 0) is 31.3 Å². The first-order valence-electron chi connectivity index (χ1n) is 6.13. The average Bonchev–Trinajstić information content (AvgIpc) is 2.75. The first-order chi connectivity index (χ1) is 7.88. The fraction of sp³-hybridized carbons (Fsp3) is 0.538. The van der Waals surface area contributed by atoms with Crippen LogP contribution in [0.4, 0.5) is 0 Å². The van der Waals surface area contributed by atoms with Gasteiger partial charge in [-0.15, -0.1) is 5.10 Å². The zero-order valence-electron chi connectivity index (χ0n) is 9.89. The van der Waals surface area contributed by atoms with E-state index < -0.39 is 0 Å². The standard InChI is InChI=1S/C13H19N3/c1-2-3-9-13-11-16(15-14-13)10-12-7-5-4-6-8-12/h5,7-8,11H,2-4,6,9-10H2,1H3. The van der Waals surface area contributed by atoms with Crippen molar-refractivity contribution in [1.82, 2.24) is 15.0 Å². The highest BCUT2D eigenvalue weighted by Gasteiger charge is 2.02. The number of hydrogen-bond acceptors (Lipinski definition) is 2. The van der Waals surface area contributed by atoms with Crippen LogP contribution in [-0.2, 0) is 13.0 Å². The first-order valence-corrected chi connectivity index (χ1v) is 6.13. The second-order valence-electron chi connectivity index (χ2n) is 4.27. The molecule has 0 aromatic carbocycles. The summed E-state index contributed by atoms with van der Waals surface area (Å²) in [4.78, 5) is 0. The Morgan fingerprint density at radius 3 is 3.06 bits per heavy atom. The maximum atomic E-state index is 4.18. The van der Waals surface area contributed by atoms with Gasteiger partial charge in [-0.1, -0.05) is 36.8 Å². The maximum absolute atomic E-state index is 4.18. The number of rotatable bonds is 5. The molecular formula is C13H19N3. The average molecular weight is 217 g/mol. The smallest absolute Gasteiger partial charge is 0.0827 e. The lowest BCUT2D eigenvalue weighted by atomic mass is 10.1. The van der Waals surface area contributed by atoms with Crippen LogP contribution >= 0.6 is 0 Å². The Kier molecular flexibility index (Phi) is 3.91. The Bertz CT molecular complexity index is 388. The molecule has 1 aromatic rings. The number of aryl methyl sites for hydroxylation is 1. The summed E-state index contributed by atoms with van der Waals surface area (Å²) in [6, 6.07) is 0. The predicted octanol–water partition coefficient (Wildman–Crippen LogP) is 2.90. The van der Waals surface area contributed by atoms with Crippen LogP contribution in [0.25, 0.3) is 0 Å². The van der Waals surface area contributed by atoms with Gasteiger partial charge in [0.1, 0.15) is 0 Å². The lowest BCUT2D eigenvalue weighted by molar-refractivity contribution is 0.644. The Labute approximate surface area is 96.9 Å². The minimum atomic E-state index is 0.857. The molecule has 0 aliphatic heterocycles. The van der Waals surface area contributed by atoms with E-state index in [4.69, 9.17) is 0 Å². The Morgan fingerprint density at radius 2 is 2.31 bits per heavy atom. The van der Waals surface area contributed by atoms with Crippen LogP contribution in [0.2, 0.25) is 0 Å². The van der Waals surface area contributed by atoms with Gasteiger partial charge in [0.2, 0.25) is 0 Å². The highest BCUT2D eigenvalue weighted by Crippen LogP contribution is 2.11. The van der Waals surface area contributed by atoms with Gasteiger partial charge < -0.3 is 0 Å². The quantitative estimate of drug-likeness (QED) is 0.759. The van der Waals surface area contributed by atoms with Crippen molar-refractivity contribution < 1.29 is 0 Å². The molecular weight excluding hydrogens is 198 g/mol. The summed E-state index contributed by atoms with van der Waals surface area (Å²) in [5.41, 5.74) is 2.46. The molecule has 3 heteroatoms. The zero-order chi connectivity index (χ0) is 11.2. The molecule has 0 spiro atoms. The molecule has 86 valence electrons. The van der Waals surface area contributed by atoms with Crippen LogP contribution in [-0.4, -0.2) is 15.0 Å². The molecule has 1 aromatic heterocycles. The number of nitrogens with zero attached hydrogens (tertiary/aromatic N) is 3. The van der Waals surface area contributed by atoms with E-state index in [1.165, 1.54) is 24.8 Å². The van der Waals surface area contributed by atoms with Crippen molar-refractivity contribution in [1.29, 1.82) is 0 Å². The largest absolute Gasteiger partial charge is 0.248 e. The normalized spacial score (nSPS) is 15.2. The SMILES string of the molecule is CCCCc1cn(CC2=CCCC=C2)nn1. The zero-order valence-corrected chi connectivity index (χ0v) is 9.89. The number of aromatic nitrogens is 3. The van der Waals surface area contributed by atoms with E-state index in [1.54, 1.807) is 0 Å². The molecule has 0 radical (unpaired) electrons. The lowest BCUT2D eigenvalue weighted by Gasteiger charge is -2.05. The van der Waals surface area contributed by atoms with Crippen LogP contribution in [0.15, 0.2) is 30.0 Å². The molecule has 0 saturated heterocycles. The minimum absolute atomic E-state index is 0.857. The van der Waals surface area contributed by atoms with Crippen LogP contribution in [0.3, 0.4) is 0 Å². The van der Waals surface area contributed by atoms with Gasteiger partial charge in [0, 0.05) is 6.20 Å². The van der Waals surface area contributed by atoms with E-state index in [0.717, 1.165) is 25.1 Å². The molecule has 0 N–H and O–H groups in total. The molecule has 1 aliphatic carbocycles. The second kappa shape index (κ2) is 5.64. The summed E-state index contributed by atoms with van der Waals surface area (Å²) in [7, 11) is 0. The number of allylic oxidation sites excluding steroid dienone is 4. The van der Waals surface area contributed by atoms with Crippen molar-refractivity contribution in [3.63, 3.8) is 0 Å². The first kappa shape index (κ1) is 11.1. The number of unbranched alkanes of at least 4 members (excludes halogenated alkanes) is 1. The Morgan fingerprint density at radius 1 is 1.38 bits per heavy atom. The van der Waals surface area contributed by atoms with Crippen molar-refractivity contribution in [2.24, 2.45) is 0 Å². The molecule has 0 unspecified atom stereocenters. The maximum Gasteiger partial charge on any atom is 0.0827 e. The van der Waals surface area contributed by atoms with Crippen molar-refractivity contribution in [3.05, 3.63) is 35.7 Å². The molecule has 0 bridgehead atoms. The third-order valence-electron chi connectivity index (χ3n) is 2.79. The lowest BCUT2D eigenvalue weighted by Crippen LogP contribution is -2.01. The minimum Gasteiger partial charge on any atom is -0.248 e. The van der Waals surface area contributed by atoms with Gasteiger partial charge in [0.25, 0.3) is 0 Å². The molecule has 0 saturated carbocycles. The van der Waals surface area contributed by atoms with Crippen molar-refractivity contribution in [2.75, 3.05) is 0 Å². The molecule has 16 heavy (non-hydrogen) atoms. The van der Waals surface area contributed by atoms with Gasteiger partial charge >= 0.3 is 0 Å². The van der Waals surface area contributed by atoms with E-state index in [9.17, 15) is 0 Å². The summed E-state index contributed by atoms with van der Waals surface area (Å²) in [6.07, 6.45) is 14.5.